The quantitative estimate of drug-likeness (QED) is 0.411. The molecule has 4 nitrogen and oxygen atoms in total. The lowest BCUT2D eigenvalue weighted by Crippen LogP contribution is -2.06. The van der Waals surface area contributed by atoms with E-state index < -0.39 is 0 Å². The Morgan fingerprint density at radius 1 is 1.07 bits per heavy atom. The van der Waals surface area contributed by atoms with E-state index in [9.17, 15) is 4.79 Å². The van der Waals surface area contributed by atoms with Crippen molar-refractivity contribution in [2.45, 2.75) is 45.2 Å². The van der Waals surface area contributed by atoms with Crippen LogP contribution in [0.15, 0.2) is 53.7 Å². The number of rotatable bonds is 8. The van der Waals surface area contributed by atoms with Crippen molar-refractivity contribution in [3.05, 3.63) is 71.0 Å². The third-order valence-corrected chi connectivity index (χ3v) is 5.42. The molecule has 1 aromatic heterocycles. The van der Waals surface area contributed by atoms with E-state index in [1.165, 1.54) is 16.7 Å². The van der Waals surface area contributed by atoms with Crippen LogP contribution in [0.3, 0.4) is 0 Å². The van der Waals surface area contributed by atoms with Gasteiger partial charge in [0.1, 0.15) is 11.6 Å². The average Bonchev–Trinajstić information content (AvgIpc) is 3.02. The van der Waals surface area contributed by atoms with Gasteiger partial charge in [-0.1, -0.05) is 59.8 Å². The van der Waals surface area contributed by atoms with Crippen LogP contribution in [0.25, 0.3) is 5.69 Å². The zero-order valence-corrected chi connectivity index (χ0v) is 16.9. The molecule has 3 rings (SSSR count). The molecule has 27 heavy (non-hydrogen) atoms. The highest BCUT2D eigenvalue weighted by molar-refractivity contribution is 7.99. The Morgan fingerprint density at radius 3 is 2.56 bits per heavy atom. The summed E-state index contributed by atoms with van der Waals surface area (Å²) in [7, 11) is 0. The topological polar surface area (TPSA) is 47.8 Å². The molecule has 0 saturated carbocycles. The van der Waals surface area contributed by atoms with E-state index in [0.29, 0.717) is 6.42 Å². The predicted octanol–water partition coefficient (Wildman–Crippen LogP) is 4.94. The van der Waals surface area contributed by atoms with Crippen LogP contribution in [0.4, 0.5) is 0 Å². The molecular formula is C22H25N3OS. The van der Waals surface area contributed by atoms with Crippen molar-refractivity contribution in [3.63, 3.8) is 0 Å². The number of hydrogen-bond donors (Lipinski definition) is 0. The van der Waals surface area contributed by atoms with Gasteiger partial charge in [0.25, 0.3) is 0 Å². The minimum Gasteiger partial charge on any atom is -0.300 e. The van der Waals surface area contributed by atoms with E-state index in [0.717, 1.165) is 35.3 Å². The van der Waals surface area contributed by atoms with Gasteiger partial charge < -0.3 is 4.79 Å². The van der Waals surface area contributed by atoms with E-state index in [4.69, 9.17) is 0 Å². The molecular weight excluding hydrogens is 354 g/mol. The van der Waals surface area contributed by atoms with Gasteiger partial charge in [-0.2, -0.15) is 0 Å². The first-order chi connectivity index (χ1) is 13.0. The minimum absolute atomic E-state index is 0.233. The van der Waals surface area contributed by atoms with Crippen molar-refractivity contribution in [2.24, 2.45) is 0 Å². The number of carbonyl (C=O) groups is 1. The summed E-state index contributed by atoms with van der Waals surface area (Å²) in [5, 5.41) is 9.84. The molecule has 3 aromatic rings. The normalized spacial score (nSPS) is 10.9. The molecule has 0 unspecified atom stereocenters. The highest BCUT2D eigenvalue weighted by Crippen LogP contribution is 2.26. The number of ketones is 1. The SMILES string of the molecule is CC(=O)CCCSc1nnc(Cc2ccccc2)n1-c1ccc(C)cc1C. The summed E-state index contributed by atoms with van der Waals surface area (Å²) in [4.78, 5) is 11.2. The Kier molecular flexibility index (Phi) is 6.45. The summed E-state index contributed by atoms with van der Waals surface area (Å²) < 4.78 is 2.17. The predicted molar refractivity (Wildman–Crippen MR) is 111 cm³/mol. The third-order valence-electron chi connectivity index (χ3n) is 4.40. The molecule has 0 N–H and O–H groups in total. The lowest BCUT2D eigenvalue weighted by Gasteiger charge is -2.13. The van der Waals surface area contributed by atoms with Crippen LogP contribution in [0.5, 0.6) is 0 Å². The Balaban J connectivity index is 1.92. The number of thioether (sulfide) groups is 1. The van der Waals surface area contributed by atoms with Crippen molar-refractivity contribution in [2.75, 3.05) is 5.75 Å². The van der Waals surface area contributed by atoms with Crippen LogP contribution in [0.2, 0.25) is 0 Å². The van der Waals surface area contributed by atoms with Gasteiger partial charge in [-0.25, -0.2) is 0 Å². The fraction of sp³-hybridized carbons (Fsp3) is 0.318. The van der Waals surface area contributed by atoms with E-state index >= 15 is 0 Å². The number of Topliss-reactive ketones (excluding diaryl/α,β-unsaturated/α-hetero) is 1. The van der Waals surface area contributed by atoms with Crippen LogP contribution in [-0.4, -0.2) is 26.3 Å². The molecule has 0 fully saturated rings. The third kappa shape index (κ3) is 5.07. The van der Waals surface area contributed by atoms with Crippen LogP contribution in [-0.2, 0) is 11.2 Å². The minimum atomic E-state index is 0.233. The fourth-order valence-electron chi connectivity index (χ4n) is 3.07. The first-order valence-electron chi connectivity index (χ1n) is 9.22. The molecule has 2 aromatic carbocycles. The van der Waals surface area contributed by atoms with Crippen molar-refractivity contribution in [1.82, 2.24) is 14.8 Å². The molecule has 0 atom stereocenters. The molecule has 0 bridgehead atoms. The van der Waals surface area contributed by atoms with Gasteiger partial charge in [0.15, 0.2) is 5.16 Å². The summed E-state index contributed by atoms with van der Waals surface area (Å²) in [5.41, 5.74) is 4.77. The van der Waals surface area contributed by atoms with E-state index in [1.54, 1.807) is 18.7 Å². The highest BCUT2D eigenvalue weighted by atomic mass is 32.2. The second-order valence-corrected chi connectivity index (χ2v) is 7.90. The van der Waals surface area contributed by atoms with Crippen molar-refractivity contribution >= 4 is 17.5 Å². The number of benzene rings is 2. The molecule has 0 radical (unpaired) electrons. The van der Waals surface area contributed by atoms with Crippen molar-refractivity contribution in [1.29, 1.82) is 0 Å². The summed E-state index contributed by atoms with van der Waals surface area (Å²) in [6.45, 7) is 5.87. The molecule has 0 amide bonds. The van der Waals surface area contributed by atoms with Gasteiger partial charge in [0.2, 0.25) is 0 Å². The zero-order chi connectivity index (χ0) is 19.2. The lowest BCUT2D eigenvalue weighted by atomic mass is 10.1. The first kappa shape index (κ1) is 19.4. The second-order valence-electron chi connectivity index (χ2n) is 6.84. The second kappa shape index (κ2) is 9.00. The van der Waals surface area contributed by atoms with Crippen LogP contribution >= 0.6 is 11.8 Å². The van der Waals surface area contributed by atoms with Gasteiger partial charge in [-0.15, -0.1) is 10.2 Å². The molecule has 140 valence electrons. The molecule has 0 aliphatic heterocycles. The Hall–Kier alpha value is -2.40. The molecule has 0 aliphatic rings. The maximum absolute atomic E-state index is 11.2. The van der Waals surface area contributed by atoms with Crippen molar-refractivity contribution in [3.8, 4) is 5.69 Å². The summed E-state index contributed by atoms with van der Waals surface area (Å²) in [5.74, 6) is 2.02. The smallest absolute Gasteiger partial charge is 0.195 e. The number of aromatic nitrogens is 3. The number of aryl methyl sites for hydroxylation is 2. The first-order valence-corrected chi connectivity index (χ1v) is 10.2. The maximum Gasteiger partial charge on any atom is 0.195 e. The Labute approximate surface area is 165 Å². The number of carbonyl (C=O) groups excluding carboxylic acids is 1. The van der Waals surface area contributed by atoms with Crippen molar-refractivity contribution < 1.29 is 4.79 Å². The van der Waals surface area contributed by atoms with Gasteiger partial charge in [-0.3, -0.25) is 4.57 Å². The summed E-state index contributed by atoms with van der Waals surface area (Å²) in [6.07, 6.45) is 2.20. The van der Waals surface area contributed by atoms with Gasteiger partial charge in [0, 0.05) is 18.6 Å². The molecule has 0 spiro atoms. The van der Waals surface area contributed by atoms with Gasteiger partial charge in [-0.05, 0) is 44.4 Å². The van der Waals surface area contributed by atoms with E-state index in [-0.39, 0.29) is 5.78 Å². The molecule has 0 saturated heterocycles. The molecule has 0 aliphatic carbocycles. The lowest BCUT2D eigenvalue weighted by molar-refractivity contribution is -0.117. The van der Waals surface area contributed by atoms with E-state index in [1.807, 2.05) is 18.2 Å². The fourth-order valence-corrected chi connectivity index (χ4v) is 3.97. The standard InChI is InChI=1S/C22H25N3OS/c1-16-11-12-20(17(2)14-16)25-21(15-19-9-5-4-6-10-19)23-24-22(25)27-13-7-8-18(3)26/h4-6,9-12,14H,7-8,13,15H2,1-3H3. The van der Waals surface area contributed by atoms with Gasteiger partial charge >= 0.3 is 0 Å². The zero-order valence-electron chi connectivity index (χ0n) is 16.1. The number of nitrogens with zero attached hydrogens (tertiary/aromatic N) is 3. The van der Waals surface area contributed by atoms with Gasteiger partial charge in [0.05, 0.1) is 5.69 Å². The van der Waals surface area contributed by atoms with E-state index in [2.05, 4.69) is 58.9 Å². The maximum atomic E-state index is 11.2. The molecule has 1 heterocycles. The van der Waals surface area contributed by atoms with Crippen LogP contribution in [0.1, 0.15) is 42.3 Å². The molecule has 5 heteroatoms. The number of hydrogen-bond acceptors (Lipinski definition) is 4. The average molecular weight is 380 g/mol. The highest BCUT2D eigenvalue weighted by Gasteiger charge is 2.16. The summed E-state index contributed by atoms with van der Waals surface area (Å²) in [6, 6.07) is 16.8. The monoisotopic (exact) mass is 379 g/mol. The summed E-state index contributed by atoms with van der Waals surface area (Å²) >= 11 is 1.67. The Morgan fingerprint density at radius 2 is 1.85 bits per heavy atom. The Bertz CT molecular complexity index is 919. The van der Waals surface area contributed by atoms with Crippen LogP contribution in [0, 0.1) is 13.8 Å². The van der Waals surface area contributed by atoms with Crippen LogP contribution < -0.4 is 0 Å². The largest absolute Gasteiger partial charge is 0.300 e.